The van der Waals surface area contributed by atoms with Gasteiger partial charge in [0.05, 0.1) is 12.9 Å². The summed E-state index contributed by atoms with van der Waals surface area (Å²) in [6.07, 6.45) is 1.04. The molecule has 0 aliphatic rings. The van der Waals surface area contributed by atoms with Gasteiger partial charge in [0.2, 0.25) is 0 Å². The largest absolute Gasteiger partial charge is 0.383 e. The maximum Gasteiger partial charge on any atom is 0.264 e. The van der Waals surface area contributed by atoms with E-state index in [9.17, 15) is 8.42 Å². The van der Waals surface area contributed by atoms with Crippen molar-refractivity contribution in [2.24, 2.45) is 0 Å². The summed E-state index contributed by atoms with van der Waals surface area (Å²) in [6.45, 7) is 0.580. The van der Waals surface area contributed by atoms with Crippen LogP contribution in [0.3, 0.4) is 0 Å². The fraction of sp³-hybridized carbons (Fsp3) is 0.231. The summed E-state index contributed by atoms with van der Waals surface area (Å²) in [6, 6.07) is 14.1. The summed E-state index contributed by atoms with van der Waals surface area (Å²) in [5.74, 6) is 0. The highest BCUT2D eigenvalue weighted by molar-refractivity contribution is 7.85. The number of anilines is 1. The number of benzene rings is 2. The minimum Gasteiger partial charge on any atom is -0.383 e. The molecule has 4 nitrogen and oxygen atoms in total. The molecular formula is C13H15NO3S. The van der Waals surface area contributed by atoms with E-state index in [4.69, 9.17) is 0 Å². The van der Waals surface area contributed by atoms with Crippen LogP contribution in [0.25, 0.3) is 10.8 Å². The first kappa shape index (κ1) is 12.9. The summed E-state index contributed by atoms with van der Waals surface area (Å²) in [4.78, 5) is 0. The van der Waals surface area contributed by atoms with Crippen LogP contribution in [-0.2, 0) is 14.3 Å². The lowest BCUT2D eigenvalue weighted by Crippen LogP contribution is -2.12. The van der Waals surface area contributed by atoms with Crippen molar-refractivity contribution in [2.45, 2.75) is 0 Å². The molecule has 0 bridgehead atoms. The summed E-state index contributed by atoms with van der Waals surface area (Å²) >= 11 is 0. The maximum absolute atomic E-state index is 10.8. The van der Waals surface area contributed by atoms with Gasteiger partial charge in [0.25, 0.3) is 10.1 Å². The van der Waals surface area contributed by atoms with Crippen LogP contribution in [0.5, 0.6) is 0 Å². The molecule has 0 aliphatic heterocycles. The normalized spacial score (nSPS) is 11.6. The summed E-state index contributed by atoms with van der Waals surface area (Å²) in [7, 11) is -3.35. The Labute approximate surface area is 107 Å². The van der Waals surface area contributed by atoms with Crippen LogP contribution >= 0.6 is 0 Å². The van der Waals surface area contributed by atoms with Crippen LogP contribution in [-0.4, -0.2) is 27.8 Å². The van der Waals surface area contributed by atoms with Crippen LogP contribution in [0.4, 0.5) is 5.69 Å². The van der Waals surface area contributed by atoms with Crippen LogP contribution in [0, 0.1) is 0 Å². The van der Waals surface area contributed by atoms with E-state index in [2.05, 4.69) is 9.50 Å². The Morgan fingerprint density at radius 2 is 1.83 bits per heavy atom. The molecule has 0 amide bonds. The third-order valence-electron chi connectivity index (χ3n) is 2.48. The lowest BCUT2D eigenvalue weighted by Gasteiger charge is -2.07. The van der Waals surface area contributed by atoms with Crippen molar-refractivity contribution < 1.29 is 12.6 Å². The molecular weight excluding hydrogens is 250 g/mol. The third-order valence-corrected chi connectivity index (χ3v) is 3.07. The topological polar surface area (TPSA) is 55.4 Å². The zero-order valence-electron chi connectivity index (χ0n) is 10.1. The molecule has 96 valence electrons. The Kier molecular flexibility index (Phi) is 3.84. The van der Waals surface area contributed by atoms with Gasteiger partial charge in [-0.2, -0.15) is 8.42 Å². The molecule has 1 N–H and O–H groups in total. The second kappa shape index (κ2) is 5.37. The molecule has 18 heavy (non-hydrogen) atoms. The smallest absolute Gasteiger partial charge is 0.264 e. The predicted octanol–water partition coefficient (Wildman–Crippen LogP) is 2.23. The van der Waals surface area contributed by atoms with Gasteiger partial charge in [0.15, 0.2) is 0 Å². The molecule has 2 rings (SSSR count). The Hall–Kier alpha value is -1.59. The summed E-state index contributed by atoms with van der Waals surface area (Å²) < 4.78 is 26.2. The molecule has 0 aliphatic carbocycles. The molecule has 0 saturated carbocycles. The van der Waals surface area contributed by atoms with Gasteiger partial charge in [-0.25, -0.2) is 0 Å². The second-order valence-electron chi connectivity index (χ2n) is 4.01. The molecule has 0 spiro atoms. The highest BCUT2D eigenvalue weighted by Crippen LogP contribution is 2.18. The third kappa shape index (κ3) is 3.72. The van der Waals surface area contributed by atoms with Gasteiger partial charge < -0.3 is 5.32 Å². The fourth-order valence-electron chi connectivity index (χ4n) is 1.69. The molecule has 0 fully saturated rings. The Bertz CT molecular complexity index is 637. The van der Waals surface area contributed by atoms with E-state index >= 15 is 0 Å². The Balaban J connectivity index is 1.96. The lowest BCUT2D eigenvalue weighted by molar-refractivity contribution is 0.335. The van der Waals surface area contributed by atoms with E-state index in [1.54, 1.807) is 0 Å². The van der Waals surface area contributed by atoms with Crippen LogP contribution in [0.1, 0.15) is 0 Å². The number of fused-ring (bicyclic) bond motifs is 1. The summed E-state index contributed by atoms with van der Waals surface area (Å²) in [5, 5.41) is 5.44. The molecule has 0 aromatic heterocycles. The van der Waals surface area contributed by atoms with Crippen molar-refractivity contribution in [2.75, 3.05) is 24.7 Å². The van der Waals surface area contributed by atoms with Gasteiger partial charge in [-0.1, -0.05) is 30.3 Å². The highest BCUT2D eigenvalue weighted by Gasteiger charge is 2.00. The zero-order chi connectivity index (χ0) is 13.0. The molecule has 2 aromatic rings. The SMILES string of the molecule is CS(=O)(=O)OCCNc1ccc2ccccc2c1. The number of hydrogen-bond donors (Lipinski definition) is 1. The van der Waals surface area contributed by atoms with E-state index in [0.29, 0.717) is 6.54 Å². The first-order valence-electron chi connectivity index (χ1n) is 5.62. The van der Waals surface area contributed by atoms with E-state index < -0.39 is 10.1 Å². The van der Waals surface area contributed by atoms with Crippen LogP contribution < -0.4 is 5.32 Å². The Morgan fingerprint density at radius 3 is 2.56 bits per heavy atom. The van der Waals surface area contributed by atoms with Gasteiger partial charge in [-0.3, -0.25) is 4.18 Å². The predicted molar refractivity (Wildman–Crippen MR) is 73.2 cm³/mol. The summed E-state index contributed by atoms with van der Waals surface area (Å²) in [5.41, 5.74) is 0.950. The second-order valence-corrected chi connectivity index (χ2v) is 5.66. The Morgan fingerprint density at radius 1 is 1.11 bits per heavy atom. The van der Waals surface area contributed by atoms with Crippen molar-refractivity contribution in [1.82, 2.24) is 0 Å². The van der Waals surface area contributed by atoms with E-state index in [-0.39, 0.29) is 6.61 Å². The van der Waals surface area contributed by atoms with Crippen molar-refractivity contribution in [3.05, 3.63) is 42.5 Å². The standard InChI is InChI=1S/C13H15NO3S/c1-18(15,16)17-9-8-14-13-7-6-11-4-2-3-5-12(11)10-13/h2-7,10,14H,8-9H2,1H3. The van der Waals surface area contributed by atoms with E-state index in [1.807, 2.05) is 42.5 Å². The molecule has 0 radical (unpaired) electrons. The van der Waals surface area contributed by atoms with Gasteiger partial charge in [-0.15, -0.1) is 0 Å². The minimum atomic E-state index is -3.35. The molecule has 5 heteroatoms. The average Bonchev–Trinajstić information content (AvgIpc) is 2.33. The maximum atomic E-state index is 10.8. The zero-order valence-corrected chi connectivity index (χ0v) is 10.9. The van der Waals surface area contributed by atoms with Crippen molar-refractivity contribution in [3.63, 3.8) is 0 Å². The van der Waals surface area contributed by atoms with E-state index in [0.717, 1.165) is 17.3 Å². The average molecular weight is 265 g/mol. The lowest BCUT2D eigenvalue weighted by atomic mass is 10.1. The molecule has 0 unspecified atom stereocenters. The first-order valence-corrected chi connectivity index (χ1v) is 7.43. The molecule has 2 aromatic carbocycles. The molecule has 0 atom stereocenters. The fourth-order valence-corrected chi connectivity index (χ4v) is 2.07. The van der Waals surface area contributed by atoms with Crippen molar-refractivity contribution in [3.8, 4) is 0 Å². The van der Waals surface area contributed by atoms with Crippen LogP contribution in [0.2, 0.25) is 0 Å². The first-order chi connectivity index (χ1) is 8.54. The number of rotatable bonds is 5. The van der Waals surface area contributed by atoms with Gasteiger partial charge in [0, 0.05) is 12.2 Å². The number of nitrogens with one attached hydrogen (secondary N) is 1. The molecule has 0 saturated heterocycles. The minimum absolute atomic E-state index is 0.131. The van der Waals surface area contributed by atoms with E-state index in [1.165, 1.54) is 5.39 Å². The van der Waals surface area contributed by atoms with Gasteiger partial charge >= 0.3 is 0 Å². The van der Waals surface area contributed by atoms with Gasteiger partial charge in [-0.05, 0) is 22.9 Å². The quantitative estimate of drug-likeness (QED) is 0.665. The molecule has 0 heterocycles. The monoisotopic (exact) mass is 265 g/mol. The van der Waals surface area contributed by atoms with Crippen LogP contribution in [0.15, 0.2) is 42.5 Å². The number of hydrogen-bond acceptors (Lipinski definition) is 4. The van der Waals surface area contributed by atoms with Gasteiger partial charge in [0.1, 0.15) is 0 Å². The highest BCUT2D eigenvalue weighted by atomic mass is 32.2. The van der Waals surface area contributed by atoms with Crippen molar-refractivity contribution >= 4 is 26.6 Å². The van der Waals surface area contributed by atoms with Crippen molar-refractivity contribution in [1.29, 1.82) is 0 Å².